The highest BCUT2D eigenvalue weighted by Gasteiger charge is 2.15. The highest BCUT2D eigenvalue weighted by Crippen LogP contribution is 2.15. The fraction of sp³-hybridized carbons (Fsp3) is 0.385. The van der Waals surface area contributed by atoms with Crippen LogP contribution in [0.2, 0.25) is 0 Å². The maximum atomic E-state index is 11.5. The molecule has 1 aromatic carbocycles. The van der Waals surface area contributed by atoms with Crippen LogP contribution in [0.4, 0.5) is 5.69 Å². The summed E-state index contributed by atoms with van der Waals surface area (Å²) in [4.78, 5) is 22.7. The van der Waals surface area contributed by atoms with Crippen molar-refractivity contribution < 1.29 is 19.1 Å². The predicted octanol–water partition coefficient (Wildman–Crippen LogP) is 1.38. The van der Waals surface area contributed by atoms with E-state index in [1.165, 1.54) is 0 Å². The number of carbonyl (C=O) groups excluding carboxylic acids is 2. The Morgan fingerprint density at radius 1 is 1.28 bits per heavy atom. The number of carbonyl (C=O) groups is 2. The van der Waals surface area contributed by atoms with E-state index in [1.807, 2.05) is 12.1 Å². The minimum absolute atomic E-state index is 0.178. The van der Waals surface area contributed by atoms with Crippen LogP contribution in [0.25, 0.3) is 0 Å². The van der Waals surface area contributed by atoms with Gasteiger partial charge in [-0.25, -0.2) is 4.79 Å². The first-order valence-electron chi connectivity index (χ1n) is 5.74. The van der Waals surface area contributed by atoms with Gasteiger partial charge in [-0.15, -0.1) is 0 Å². The van der Waals surface area contributed by atoms with Crippen molar-refractivity contribution in [3.63, 3.8) is 0 Å². The second-order valence-electron chi connectivity index (χ2n) is 3.57. The van der Waals surface area contributed by atoms with Crippen molar-refractivity contribution in [2.75, 3.05) is 25.6 Å². The van der Waals surface area contributed by atoms with Crippen LogP contribution in [0.3, 0.4) is 0 Å². The zero-order valence-electron chi connectivity index (χ0n) is 10.6. The van der Waals surface area contributed by atoms with E-state index in [0.29, 0.717) is 18.7 Å². The average Bonchev–Trinajstić information content (AvgIpc) is 2.38. The van der Waals surface area contributed by atoms with E-state index in [-0.39, 0.29) is 6.61 Å². The summed E-state index contributed by atoms with van der Waals surface area (Å²) in [6, 6.07) is 7.27. The molecule has 0 saturated carbocycles. The third-order valence-corrected chi connectivity index (χ3v) is 2.30. The third kappa shape index (κ3) is 4.18. The van der Waals surface area contributed by atoms with Crippen LogP contribution < -0.4 is 5.32 Å². The van der Waals surface area contributed by atoms with Gasteiger partial charge in [0.25, 0.3) is 0 Å². The van der Waals surface area contributed by atoms with Crippen molar-refractivity contribution in [3.8, 4) is 0 Å². The summed E-state index contributed by atoms with van der Waals surface area (Å²) in [5.74, 6) is -1.64. The van der Waals surface area contributed by atoms with E-state index in [9.17, 15) is 9.59 Å². The van der Waals surface area contributed by atoms with Crippen molar-refractivity contribution in [1.29, 1.82) is 0 Å². The van der Waals surface area contributed by atoms with Crippen LogP contribution in [-0.2, 0) is 25.5 Å². The Kier molecular flexibility index (Phi) is 5.87. The second kappa shape index (κ2) is 7.45. The van der Waals surface area contributed by atoms with Crippen molar-refractivity contribution in [2.24, 2.45) is 0 Å². The zero-order chi connectivity index (χ0) is 13.4. The van der Waals surface area contributed by atoms with Gasteiger partial charge in [0.15, 0.2) is 0 Å². The Balaban J connectivity index is 2.71. The molecule has 5 heteroatoms. The van der Waals surface area contributed by atoms with Crippen molar-refractivity contribution in [2.45, 2.75) is 13.3 Å². The number of hydrogen-bond acceptors (Lipinski definition) is 4. The van der Waals surface area contributed by atoms with Gasteiger partial charge in [0.2, 0.25) is 0 Å². The van der Waals surface area contributed by atoms with Crippen LogP contribution >= 0.6 is 0 Å². The monoisotopic (exact) mass is 251 g/mol. The zero-order valence-corrected chi connectivity index (χ0v) is 10.6. The van der Waals surface area contributed by atoms with Gasteiger partial charge >= 0.3 is 11.9 Å². The van der Waals surface area contributed by atoms with E-state index in [1.54, 1.807) is 26.2 Å². The van der Waals surface area contributed by atoms with Crippen molar-refractivity contribution in [1.82, 2.24) is 0 Å². The number of benzene rings is 1. The molecule has 98 valence electrons. The normalized spacial score (nSPS) is 9.89. The molecule has 1 aromatic rings. The molecule has 0 bridgehead atoms. The molecule has 1 rings (SSSR count). The minimum atomic E-state index is -0.876. The summed E-state index contributed by atoms with van der Waals surface area (Å²) in [7, 11) is 1.61. The Hall–Kier alpha value is -1.88. The number of hydrogen-bond donors (Lipinski definition) is 1. The lowest BCUT2D eigenvalue weighted by Gasteiger charge is -2.10. The quantitative estimate of drug-likeness (QED) is 0.634. The molecule has 0 heterocycles. The van der Waals surface area contributed by atoms with E-state index >= 15 is 0 Å². The number of nitrogens with one attached hydrogen (secondary N) is 1. The van der Waals surface area contributed by atoms with E-state index in [2.05, 4.69) is 10.1 Å². The molecule has 1 N–H and O–H groups in total. The Bertz CT molecular complexity index is 417. The van der Waals surface area contributed by atoms with Crippen molar-refractivity contribution >= 4 is 17.6 Å². The molecule has 5 nitrogen and oxygen atoms in total. The van der Waals surface area contributed by atoms with Gasteiger partial charge in [-0.2, -0.15) is 0 Å². The molecular formula is C13H17NO4. The van der Waals surface area contributed by atoms with Gasteiger partial charge in [-0.05, 0) is 25.0 Å². The van der Waals surface area contributed by atoms with E-state index in [4.69, 9.17) is 4.74 Å². The number of methoxy groups -OCH3 is 1. The van der Waals surface area contributed by atoms with Gasteiger partial charge in [0.1, 0.15) is 0 Å². The second-order valence-corrected chi connectivity index (χ2v) is 3.57. The molecular weight excluding hydrogens is 234 g/mol. The number of rotatable bonds is 5. The maximum absolute atomic E-state index is 11.5. The summed E-state index contributed by atoms with van der Waals surface area (Å²) >= 11 is 0. The predicted molar refractivity (Wildman–Crippen MR) is 67.3 cm³/mol. The molecule has 1 amide bonds. The van der Waals surface area contributed by atoms with Crippen LogP contribution in [0.15, 0.2) is 24.3 Å². The number of ether oxygens (including phenoxy) is 2. The van der Waals surface area contributed by atoms with Crippen molar-refractivity contribution in [3.05, 3.63) is 29.8 Å². The van der Waals surface area contributed by atoms with Gasteiger partial charge in [-0.3, -0.25) is 4.79 Å². The standard InChI is InChI=1S/C13H17NO4/c1-3-18-13(16)12(15)14-11-7-5-4-6-10(11)8-9-17-2/h4-7H,3,8-9H2,1-2H3,(H,14,15). The lowest BCUT2D eigenvalue weighted by atomic mass is 10.1. The largest absolute Gasteiger partial charge is 0.459 e. The van der Waals surface area contributed by atoms with Gasteiger partial charge in [-0.1, -0.05) is 18.2 Å². The molecule has 0 aliphatic heterocycles. The Labute approximate surface area is 106 Å². The van der Waals surface area contributed by atoms with Crippen LogP contribution in [-0.4, -0.2) is 32.2 Å². The highest BCUT2D eigenvalue weighted by molar-refractivity contribution is 6.37. The average molecular weight is 251 g/mol. The third-order valence-electron chi connectivity index (χ3n) is 2.30. The Morgan fingerprint density at radius 3 is 2.67 bits per heavy atom. The van der Waals surface area contributed by atoms with Crippen LogP contribution in [0, 0.1) is 0 Å². The summed E-state index contributed by atoms with van der Waals surface area (Å²) in [6.45, 7) is 2.38. The van der Waals surface area contributed by atoms with E-state index < -0.39 is 11.9 Å². The Morgan fingerprint density at radius 2 is 2.00 bits per heavy atom. The molecule has 0 fully saturated rings. The molecule has 0 radical (unpaired) electrons. The van der Waals surface area contributed by atoms with Gasteiger partial charge in [0, 0.05) is 12.8 Å². The molecule has 0 aromatic heterocycles. The molecule has 0 spiro atoms. The first-order chi connectivity index (χ1) is 8.69. The molecule has 0 saturated heterocycles. The molecule has 0 aliphatic carbocycles. The summed E-state index contributed by atoms with van der Waals surface area (Å²) < 4.78 is 9.61. The molecule has 0 unspecified atom stereocenters. The minimum Gasteiger partial charge on any atom is -0.459 e. The highest BCUT2D eigenvalue weighted by atomic mass is 16.5. The number of anilines is 1. The topological polar surface area (TPSA) is 64.6 Å². The lowest BCUT2D eigenvalue weighted by molar-refractivity contribution is -0.152. The lowest BCUT2D eigenvalue weighted by Crippen LogP contribution is -2.25. The molecule has 0 atom stereocenters. The molecule has 0 aliphatic rings. The molecule has 18 heavy (non-hydrogen) atoms. The number of esters is 1. The van der Waals surface area contributed by atoms with E-state index in [0.717, 1.165) is 5.56 Å². The summed E-state index contributed by atoms with van der Waals surface area (Å²) in [6.07, 6.45) is 0.662. The first-order valence-corrected chi connectivity index (χ1v) is 5.74. The first kappa shape index (κ1) is 14.2. The van der Waals surface area contributed by atoms with Crippen LogP contribution in [0.5, 0.6) is 0 Å². The van der Waals surface area contributed by atoms with Gasteiger partial charge in [0.05, 0.1) is 13.2 Å². The fourth-order valence-corrected chi connectivity index (χ4v) is 1.44. The maximum Gasteiger partial charge on any atom is 0.397 e. The summed E-state index contributed by atoms with van der Waals surface area (Å²) in [5.41, 5.74) is 1.52. The van der Waals surface area contributed by atoms with Gasteiger partial charge < -0.3 is 14.8 Å². The smallest absolute Gasteiger partial charge is 0.397 e. The number of amides is 1. The SMILES string of the molecule is CCOC(=O)C(=O)Nc1ccccc1CCOC. The van der Waals surface area contributed by atoms with Crippen LogP contribution in [0.1, 0.15) is 12.5 Å². The fourth-order valence-electron chi connectivity index (χ4n) is 1.44. The number of para-hydroxylation sites is 1. The summed E-state index contributed by atoms with van der Waals surface area (Å²) in [5, 5.41) is 2.53.